The highest BCUT2D eigenvalue weighted by molar-refractivity contribution is 5.55. The van der Waals surface area contributed by atoms with E-state index >= 15 is 0 Å². The number of rotatable bonds is 2. The predicted octanol–water partition coefficient (Wildman–Crippen LogP) is 0.00870. The Morgan fingerprint density at radius 3 is 2.82 bits per heavy atom. The van der Waals surface area contributed by atoms with Crippen molar-refractivity contribution in [2.45, 2.75) is 20.0 Å². The number of nitrogens with one attached hydrogen (secondary N) is 1. The van der Waals surface area contributed by atoms with Crippen LogP contribution >= 0.6 is 0 Å². The van der Waals surface area contributed by atoms with Gasteiger partial charge < -0.3 is 0 Å². The average molecular weight is 158 g/mol. The molecule has 1 atom stereocenters. The molecule has 0 fully saturated rings. The highest BCUT2D eigenvalue weighted by Gasteiger charge is 2.31. The minimum atomic E-state index is -0.478. The second kappa shape index (κ2) is 2.73. The topological polar surface area (TPSA) is 70.8 Å². The number of hydrogen-bond donors (Lipinski definition) is 1. The summed E-state index contributed by atoms with van der Waals surface area (Å²) in [5.74, 6) is 0.155. The van der Waals surface area contributed by atoms with Gasteiger partial charge >= 0.3 is 0 Å². The molecule has 1 aliphatic heterocycles. The van der Waals surface area contributed by atoms with E-state index in [0.717, 1.165) is 5.01 Å². The molecule has 0 radical (unpaired) electrons. The predicted molar refractivity (Wildman–Crippen MR) is 39.1 cm³/mol. The Morgan fingerprint density at radius 2 is 2.45 bits per heavy atom. The van der Waals surface area contributed by atoms with E-state index in [4.69, 9.17) is 0 Å². The lowest BCUT2D eigenvalue weighted by Gasteiger charge is -2.17. The summed E-state index contributed by atoms with van der Waals surface area (Å²) >= 11 is 0. The standard InChI is InChI=1S/C5H10N4O2/c1-4(2)5-7-6-3-8(5)9(10)11/h3-5,7H,1-2H3. The molecule has 11 heavy (non-hydrogen) atoms. The van der Waals surface area contributed by atoms with Crippen LogP contribution in [0.3, 0.4) is 0 Å². The van der Waals surface area contributed by atoms with Crippen molar-refractivity contribution in [3.63, 3.8) is 0 Å². The van der Waals surface area contributed by atoms with Gasteiger partial charge in [0, 0.05) is 0 Å². The lowest BCUT2D eigenvalue weighted by Crippen LogP contribution is -2.44. The summed E-state index contributed by atoms with van der Waals surface area (Å²) in [4.78, 5) is 10.3. The van der Waals surface area contributed by atoms with Crippen LogP contribution in [-0.2, 0) is 0 Å². The first-order valence-corrected chi connectivity index (χ1v) is 3.34. The van der Waals surface area contributed by atoms with E-state index in [9.17, 15) is 10.1 Å². The highest BCUT2D eigenvalue weighted by Crippen LogP contribution is 2.09. The lowest BCUT2D eigenvalue weighted by molar-refractivity contribution is -0.636. The van der Waals surface area contributed by atoms with Crippen molar-refractivity contribution < 1.29 is 5.03 Å². The van der Waals surface area contributed by atoms with Crippen LogP contribution in [0.4, 0.5) is 0 Å². The first kappa shape index (κ1) is 7.77. The van der Waals surface area contributed by atoms with Crippen LogP contribution in [0, 0.1) is 16.0 Å². The van der Waals surface area contributed by atoms with Crippen molar-refractivity contribution in [2.75, 3.05) is 0 Å². The Balaban J connectivity index is 2.63. The monoisotopic (exact) mass is 158 g/mol. The number of hydrogen-bond acceptors (Lipinski definition) is 4. The summed E-state index contributed by atoms with van der Waals surface area (Å²) in [6, 6.07) is 0. The maximum atomic E-state index is 10.3. The van der Waals surface area contributed by atoms with Crippen molar-refractivity contribution >= 4 is 6.34 Å². The van der Waals surface area contributed by atoms with Crippen LogP contribution in [0.2, 0.25) is 0 Å². The summed E-state index contributed by atoms with van der Waals surface area (Å²) < 4.78 is 0. The summed E-state index contributed by atoms with van der Waals surface area (Å²) in [7, 11) is 0. The van der Waals surface area contributed by atoms with Gasteiger partial charge in [0.05, 0.1) is 0 Å². The molecule has 0 spiro atoms. The molecular formula is C5H10N4O2. The minimum absolute atomic E-state index is 0.155. The van der Waals surface area contributed by atoms with Crippen molar-refractivity contribution in [1.29, 1.82) is 0 Å². The number of hydrazine groups is 1. The Morgan fingerprint density at radius 1 is 1.82 bits per heavy atom. The van der Waals surface area contributed by atoms with E-state index in [1.165, 1.54) is 6.34 Å². The third kappa shape index (κ3) is 1.39. The van der Waals surface area contributed by atoms with Crippen molar-refractivity contribution in [1.82, 2.24) is 10.4 Å². The van der Waals surface area contributed by atoms with Gasteiger partial charge in [0.2, 0.25) is 0 Å². The van der Waals surface area contributed by atoms with E-state index in [0.29, 0.717) is 0 Å². The van der Waals surface area contributed by atoms with E-state index < -0.39 is 5.03 Å². The molecule has 6 heteroatoms. The maximum absolute atomic E-state index is 10.3. The third-order valence-corrected chi connectivity index (χ3v) is 1.49. The Labute approximate surface area is 64.0 Å². The fraction of sp³-hybridized carbons (Fsp3) is 0.800. The van der Waals surface area contributed by atoms with Gasteiger partial charge in [-0.05, 0) is 5.92 Å². The second-order valence-electron chi connectivity index (χ2n) is 2.68. The zero-order valence-electron chi connectivity index (χ0n) is 6.39. The van der Waals surface area contributed by atoms with Crippen LogP contribution in [-0.4, -0.2) is 22.5 Å². The highest BCUT2D eigenvalue weighted by atomic mass is 16.7. The van der Waals surface area contributed by atoms with Gasteiger partial charge in [0.1, 0.15) is 0 Å². The molecular weight excluding hydrogens is 148 g/mol. The Hall–Kier alpha value is -1.33. The molecule has 0 saturated heterocycles. The molecule has 1 rings (SSSR count). The molecule has 1 heterocycles. The van der Waals surface area contributed by atoms with Crippen LogP contribution in [0.1, 0.15) is 13.8 Å². The van der Waals surface area contributed by atoms with Gasteiger partial charge in [-0.25, -0.2) is 10.1 Å². The summed E-state index contributed by atoms with van der Waals surface area (Å²) in [5.41, 5.74) is 2.64. The first-order chi connectivity index (χ1) is 5.13. The molecule has 0 bridgehead atoms. The molecule has 1 aliphatic rings. The lowest BCUT2D eigenvalue weighted by atomic mass is 10.1. The summed E-state index contributed by atoms with van der Waals surface area (Å²) in [6.45, 7) is 3.78. The van der Waals surface area contributed by atoms with Crippen LogP contribution in [0.15, 0.2) is 5.10 Å². The number of nitrogens with zero attached hydrogens (tertiary/aromatic N) is 3. The van der Waals surface area contributed by atoms with Crippen LogP contribution in [0.5, 0.6) is 0 Å². The van der Waals surface area contributed by atoms with E-state index in [-0.39, 0.29) is 12.1 Å². The quantitative estimate of drug-likeness (QED) is 0.454. The largest absolute Gasteiger partial charge is 0.280 e. The zero-order chi connectivity index (χ0) is 8.43. The number of hydrazone groups is 1. The molecule has 0 aromatic rings. The molecule has 62 valence electrons. The Kier molecular flexibility index (Phi) is 1.93. The van der Waals surface area contributed by atoms with Gasteiger partial charge in [-0.3, -0.25) is 5.43 Å². The molecule has 0 aromatic carbocycles. The average Bonchev–Trinajstić information content (AvgIpc) is 2.32. The van der Waals surface area contributed by atoms with Crippen LogP contribution in [0.25, 0.3) is 0 Å². The van der Waals surface area contributed by atoms with E-state index in [2.05, 4.69) is 10.5 Å². The third-order valence-electron chi connectivity index (χ3n) is 1.49. The summed E-state index contributed by atoms with van der Waals surface area (Å²) in [6.07, 6.45) is 0.870. The van der Waals surface area contributed by atoms with E-state index in [1.807, 2.05) is 13.8 Å². The summed E-state index contributed by atoms with van der Waals surface area (Å²) in [5, 5.41) is 14.4. The normalized spacial score (nSPS) is 22.5. The molecule has 0 saturated carbocycles. The minimum Gasteiger partial charge on any atom is -0.280 e. The van der Waals surface area contributed by atoms with Gasteiger partial charge in [-0.2, -0.15) is 5.10 Å². The molecule has 0 aliphatic carbocycles. The van der Waals surface area contributed by atoms with Crippen molar-refractivity contribution in [3.05, 3.63) is 10.1 Å². The number of nitro groups is 1. The van der Waals surface area contributed by atoms with Crippen LogP contribution < -0.4 is 5.43 Å². The van der Waals surface area contributed by atoms with Gasteiger partial charge in [0.25, 0.3) is 0 Å². The van der Waals surface area contributed by atoms with Gasteiger partial charge in [-0.1, -0.05) is 18.9 Å². The smallest absolute Gasteiger partial charge is 0.182 e. The fourth-order valence-electron chi connectivity index (χ4n) is 0.898. The zero-order valence-corrected chi connectivity index (χ0v) is 6.39. The molecule has 1 N–H and O–H groups in total. The fourth-order valence-corrected chi connectivity index (χ4v) is 0.898. The SMILES string of the molecule is CC(C)C1NN=CN1[N+](=O)[O-]. The van der Waals surface area contributed by atoms with E-state index in [1.54, 1.807) is 0 Å². The molecule has 0 aromatic heterocycles. The molecule has 0 amide bonds. The molecule has 6 nitrogen and oxygen atoms in total. The van der Waals surface area contributed by atoms with Crippen molar-refractivity contribution in [2.24, 2.45) is 11.0 Å². The maximum Gasteiger partial charge on any atom is 0.182 e. The molecule has 1 unspecified atom stereocenters. The van der Waals surface area contributed by atoms with Crippen molar-refractivity contribution in [3.8, 4) is 0 Å². The van der Waals surface area contributed by atoms with Gasteiger partial charge in [-0.15, -0.1) is 0 Å². The second-order valence-corrected chi connectivity index (χ2v) is 2.68. The first-order valence-electron chi connectivity index (χ1n) is 3.34. The van der Waals surface area contributed by atoms with Gasteiger partial charge in [0.15, 0.2) is 17.5 Å². The Bertz CT molecular complexity index is 191.